The molecule has 1 aliphatic rings. The number of rotatable bonds is 5. The molecule has 1 aromatic carbocycles. The van der Waals surface area contributed by atoms with Crippen molar-refractivity contribution in [3.63, 3.8) is 0 Å². The minimum Gasteiger partial charge on any atom is -0.389 e. The van der Waals surface area contributed by atoms with Gasteiger partial charge in [0.25, 0.3) is 0 Å². The van der Waals surface area contributed by atoms with Crippen LogP contribution in [0.3, 0.4) is 0 Å². The van der Waals surface area contributed by atoms with E-state index in [2.05, 4.69) is 12.2 Å². The van der Waals surface area contributed by atoms with Crippen LogP contribution in [0.5, 0.6) is 0 Å². The van der Waals surface area contributed by atoms with Gasteiger partial charge in [-0.2, -0.15) is 0 Å². The van der Waals surface area contributed by atoms with Gasteiger partial charge >= 0.3 is 0 Å². The number of benzene rings is 1. The van der Waals surface area contributed by atoms with Crippen LogP contribution in [-0.2, 0) is 0 Å². The minimum absolute atomic E-state index is 0.109. The molecule has 1 aromatic rings. The standard InChI is InChI=1S/C17H26FNO/c1-2-16(14-8-7-9-15(18)12-14)19-13-17(20)10-5-3-4-6-11-17/h7-9,12,16,19-20H,2-6,10-11,13H2,1H3. The second-order valence-corrected chi connectivity index (χ2v) is 6.04. The van der Waals surface area contributed by atoms with E-state index in [-0.39, 0.29) is 11.9 Å². The predicted molar refractivity (Wildman–Crippen MR) is 80.1 cm³/mol. The van der Waals surface area contributed by atoms with Crippen LogP contribution in [0.15, 0.2) is 24.3 Å². The first-order chi connectivity index (χ1) is 9.63. The Labute approximate surface area is 121 Å². The van der Waals surface area contributed by atoms with Crippen molar-refractivity contribution in [2.24, 2.45) is 0 Å². The van der Waals surface area contributed by atoms with Gasteiger partial charge in [0.2, 0.25) is 0 Å². The Bertz CT molecular complexity index is 413. The van der Waals surface area contributed by atoms with Gasteiger partial charge in [-0.25, -0.2) is 4.39 Å². The summed E-state index contributed by atoms with van der Waals surface area (Å²) in [6.45, 7) is 2.68. The van der Waals surface area contributed by atoms with E-state index >= 15 is 0 Å². The molecule has 0 saturated heterocycles. The van der Waals surface area contributed by atoms with E-state index in [0.717, 1.165) is 37.7 Å². The van der Waals surface area contributed by atoms with E-state index in [0.29, 0.717) is 6.54 Å². The van der Waals surface area contributed by atoms with E-state index in [4.69, 9.17) is 0 Å². The summed E-state index contributed by atoms with van der Waals surface area (Å²) in [6, 6.07) is 6.85. The van der Waals surface area contributed by atoms with Gasteiger partial charge in [-0.15, -0.1) is 0 Å². The molecule has 20 heavy (non-hydrogen) atoms. The van der Waals surface area contributed by atoms with Gasteiger partial charge in [0.05, 0.1) is 5.60 Å². The van der Waals surface area contributed by atoms with Crippen LogP contribution in [0.2, 0.25) is 0 Å². The van der Waals surface area contributed by atoms with Gasteiger partial charge < -0.3 is 10.4 Å². The molecule has 0 radical (unpaired) electrons. The molecular weight excluding hydrogens is 253 g/mol. The van der Waals surface area contributed by atoms with Gasteiger partial charge in [0.1, 0.15) is 5.82 Å². The quantitative estimate of drug-likeness (QED) is 0.800. The molecule has 112 valence electrons. The van der Waals surface area contributed by atoms with Gasteiger partial charge in [-0.3, -0.25) is 0 Å². The lowest BCUT2D eigenvalue weighted by Crippen LogP contribution is -2.41. The molecule has 0 bridgehead atoms. The highest BCUT2D eigenvalue weighted by atomic mass is 19.1. The molecule has 1 unspecified atom stereocenters. The fourth-order valence-corrected chi connectivity index (χ4v) is 3.10. The maximum atomic E-state index is 13.3. The van der Waals surface area contributed by atoms with E-state index in [1.54, 1.807) is 12.1 Å². The molecule has 0 aromatic heterocycles. The Balaban J connectivity index is 1.96. The molecule has 0 heterocycles. The normalized spacial score (nSPS) is 20.4. The molecule has 2 nitrogen and oxygen atoms in total. The number of nitrogens with one attached hydrogen (secondary N) is 1. The summed E-state index contributed by atoms with van der Waals surface area (Å²) >= 11 is 0. The lowest BCUT2D eigenvalue weighted by atomic mass is 9.93. The molecule has 0 aliphatic heterocycles. The monoisotopic (exact) mass is 279 g/mol. The van der Waals surface area contributed by atoms with Crippen LogP contribution in [0.4, 0.5) is 4.39 Å². The Kier molecular flexibility index (Phi) is 5.55. The third-order valence-electron chi connectivity index (χ3n) is 4.37. The number of hydrogen-bond donors (Lipinski definition) is 2. The van der Waals surface area contributed by atoms with Crippen LogP contribution in [-0.4, -0.2) is 17.3 Å². The highest BCUT2D eigenvalue weighted by molar-refractivity contribution is 5.20. The van der Waals surface area contributed by atoms with E-state index in [1.807, 2.05) is 6.07 Å². The summed E-state index contributed by atoms with van der Waals surface area (Å²) in [7, 11) is 0. The average molecular weight is 279 g/mol. The zero-order chi connectivity index (χ0) is 14.4. The molecule has 2 rings (SSSR count). The molecule has 1 fully saturated rings. The van der Waals surface area contributed by atoms with Crippen LogP contribution >= 0.6 is 0 Å². The van der Waals surface area contributed by atoms with Crippen molar-refractivity contribution in [1.29, 1.82) is 0 Å². The van der Waals surface area contributed by atoms with Gasteiger partial charge in [0.15, 0.2) is 0 Å². The Morgan fingerprint density at radius 2 is 1.95 bits per heavy atom. The highest BCUT2D eigenvalue weighted by Gasteiger charge is 2.28. The number of aliphatic hydroxyl groups is 1. The lowest BCUT2D eigenvalue weighted by molar-refractivity contribution is 0.0225. The lowest BCUT2D eigenvalue weighted by Gasteiger charge is -2.29. The largest absolute Gasteiger partial charge is 0.389 e. The predicted octanol–water partition coefficient (Wildman–Crippen LogP) is 3.95. The summed E-state index contributed by atoms with van der Waals surface area (Å²) in [5.74, 6) is -0.198. The minimum atomic E-state index is -0.586. The summed E-state index contributed by atoms with van der Waals surface area (Å²) in [5, 5.41) is 14.1. The Morgan fingerprint density at radius 3 is 2.55 bits per heavy atom. The first kappa shape index (κ1) is 15.5. The highest BCUT2D eigenvalue weighted by Crippen LogP contribution is 2.27. The number of halogens is 1. The fourth-order valence-electron chi connectivity index (χ4n) is 3.10. The Hall–Kier alpha value is -0.930. The van der Waals surface area contributed by atoms with Gasteiger partial charge in [0, 0.05) is 12.6 Å². The summed E-state index contributed by atoms with van der Waals surface area (Å²) in [4.78, 5) is 0. The second kappa shape index (κ2) is 7.19. The van der Waals surface area contributed by atoms with Crippen molar-refractivity contribution in [1.82, 2.24) is 5.32 Å². The van der Waals surface area contributed by atoms with Crippen molar-refractivity contribution in [3.05, 3.63) is 35.6 Å². The molecule has 1 atom stereocenters. The molecular formula is C17H26FNO. The fraction of sp³-hybridized carbons (Fsp3) is 0.647. The summed E-state index contributed by atoms with van der Waals surface area (Å²) < 4.78 is 13.3. The second-order valence-electron chi connectivity index (χ2n) is 6.04. The van der Waals surface area contributed by atoms with E-state index in [9.17, 15) is 9.50 Å². The first-order valence-corrected chi connectivity index (χ1v) is 7.84. The molecule has 0 spiro atoms. The molecule has 3 heteroatoms. The van der Waals surface area contributed by atoms with E-state index in [1.165, 1.54) is 18.9 Å². The van der Waals surface area contributed by atoms with E-state index < -0.39 is 5.60 Å². The van der Waals surface area contributed by atoms with Crippen LogP contribution in [0.1, 0.15) is 63.5 Å². The van der Waals surface area contributed by atoms with Crippen molar-refractivity contribution >= 4 is 0 Å². The molecule has 1 aliphatic carbocycles. The van der Waals surface area contributed by atoms with Crippen molar-refractivity contribution in [3.8, 4) is 0 Å². The van der Waals surface area contributed by atoms with Crippen LogP contribution in [0, 0.1) is 5.82 Å². The maximum Gasteiger partial charge on any atom is 0.123 e. The van der Waals surface area contributed by atoms with Crippen molar-refractivity contribution in [2.75, 3.05) is 6.54 Å². The van der Waals surface area contributed by atoms with Gasteiger partial charge in [-0.05, 0) is 37.0 Å². The van der Waals surface area contributed by atoms with Crippen molar-refractivity contribution < 1.29 is 9.50 Å². The molecule has 0 amide bonds. The third kappa shape index (κ3) is 4.29. The summed E-state index contributed by atoms with van der Waals surface area (Å²) in [6.07, 6.45) is 7.30. The molecule has 2 N–H and O–H groups in total. The van der Waals surface area contributed by atoms with Gasteiger partial charge in [-0.1, -0.05) is 44.7 Å². The Morgan fingerprint density at radius 1 is 1.25 bits per heavy atom. The zero-order valence-corrected chi connectivity index (χ0v) is 12.4. The average Bonchev–Trinajstić information content (AvgIpc) is 2.65. The maximum absolute atomic E-state index is 13.3. The number of hydrogen-bond acceptors (Lipinski definition) is 2. The van der Waals surface area contributed by atoms with Crippen molar-refractivity contribution in [2.45, 2.75) is 63.5 Å². The third-order valence-corrected chi connectivity index (χ3v) is 4.37. The SMILES string of the molecule is CCC(NCC1(O)CCCCCC1)c1cccc(F)c1. The zero-order valence-electron chi connectivity index (χ0n) is 12.4. The van der Waals surface area contributed by atoms with Crippen LogP contribution in [0.25, 0.3) is 0 Å². The summed E-state index contributed by atoms with van der Waals surface area (Å²) in [5.41, 5.74) is 0.377. The topological polar surface area (TPSA) is 32.3 Å². The first-order valence-electron chi connectivity index (χ1n) is 7.84. The van der Waals surface area contributed by atoms with Crippen LogP contribution < -0.4 is 5.32 Å². The molecule has 1 saturated carbocycles. The smallest absolute Gasteiger partial charge is 0.123 e.